The topological polar surface area (TPSA) is 75.2 Å². The molecule has 2 fully saturated rings. The molecule has 1 amide bonds. The Morgan fingerprint density at radius 3 is 2.68 bits per heavy atom. The summed E-state index contributed by atoms with van der Waals surface area (Å²) in [6, 6.07) is 6.60. The van der Waals surface area contributed by atoms with E-state index in [-0.39, 0.29) is 36.4 Å². The second kappa shape index (κ2) is 12.5. The maximum Gasteiger partial charge on any atom is 0.241 e. The van der Waals surface area contributed by atoms with E-state index in [4.69, 9.17) is 14.5 Å². The number of aliphatic imine (C=N–C) groups is 1. The summed E-state index contributed by atoms with van der Waals surface area (Å²) >= 11 is 0. The van der Waals surface area contributed by atoms with Crippen LogP contribution >= 0.6 is 24.0 Å². The second-order valence-electron chi connectivity index (χ2n) is 8.68. The van der Waals surface area contributed by atoms with Crippen LogP contribution in [0, 0.1) is 18.8 Å². The van der Waals surface area contributed by atoms with Gasteiger partial charge < -0.3 is 25.0 Å². The first-order valence-electron chi connectivity index (χ1n) is 10.9. The number of benzene rings is 1. The molecule has 0 saturated heterocycles. The summed E-state index contributed by atoms with van der Waals surface area (Å²) in [6.45, 7) is 3.80. The third-order valence-electron chi connectivity index (χ3n) is 6.14. The van der Waals surface area contributed by atoms with Crippen LogP contribution < -0.4 is 15.4 Å². The monoisotopic (exact) mass is 544 g/mol. The van der Waals surface area contributed by atoms with Crippen LogP contribution in [0.3, 0.4) is 0 Å². The zero-order valence-electron chi connectivity index (χ0n) is 19.1. The maximum absolute atomic E-state index is 12.1. The number of carbonyl (C=O) groups excluding carboxylic acids is 1. The fourth-order valence-electron chi connectivity index (χ4n) is 4.39. The number of nitrogens with zero attached hydrogens (tertiary/aromatic N) is 2. The molecular formula is C23H37IN4O3. The Bertz CT molecular complexity index is 756. The van der Waals surface area contributed by atoms with Gasteiger partial charge in [0.2, 0.25) is 5.91 Å². The van der Waals surface area contributed by atoms with Crippen LogP contribution in [0.4, 0.5) is 0 Å². The van der Waals surface area contributed by atoms with Crippen molar-refractivity contribution in [1.82, 2.24) is 15.5 Å². The van der Waals surface area contributed by atoms with Crippen molar-refractivity contribution in [1.29, 1.82) is 0 Å². The number of hydrogen-bond acceptors (Lipinski definition) is 4. The average molecular weight is 544 g/mol. The number of ether oxygens (including phenoxy) is 2. The van der Waals surface area contributed by atoms with Crippen LogP contribution in [-0.4, -0.2) is 63.8 Å². The molecule has 0 aromatic heterocycles. The van der Waals surface area contributed by atoms with Gasteiger partial charge in [-0.1, -0.05) is 18.6 Å². The highest BCUT2D eigenvalue weighted by molar-refractivity contribution is 14.0. The third-order valence-corrected chi connectivity index (χ3v) is 6.14. The number of halogens is 1. The molecule has 174 valence electrons. The lowest BCUT2D eigenvalue weighted by Gasteiger charge is -2.25. The van der Waals surface area contributed by atoms with Crippen molar-refractivity contribution in [3.05, 3.63) is 29.3 Å². The Hall–Kier alpha value is -1.55. The minimum atomic E-state index is 0. The van der Waals surface area contributed by atoms with Gasteiger partial charge in [0.1, 0.15) is 12.4 Å². The number of methoxy groups -OCH3 is 1. The SMILES string of the molecule is COCCOc1cc(C)ccc1CN=C(NCC(=O)N(C)C)NC1CC2CCC1C2.I. The van der Waals surface area contributed by atoms with Crippen molar-refractivity contribution in [2.45, 2.75) is 45.2 Å². The molecular weight excluding hydrogens is 507 g/mol. The van der Waals surface area contributed by atoms with Crippen LogP contribution in [0.15, 0.2) is 23.2 Å². The molecule has 3 unspecified atom stereocenters. The largest absolute Gasteiger partial charge is 0.491 e. The predicted octanol–water partition coefficient (Wildman–Crippen LogP) is 2.95. The van der Waals surface area contributed by atoms with Crippen LogP contribution in [0.5, 0.6) is 5.75 Å². The smallest absolute Gasteiger partial charge is 0.241 e. The molecule has 1 aromatic carbocycles. The standard InChI is InChI=1S/C23H36N4O3.HI/c1-16-5-7-19(21(11-16)30-10-9-29-4)14-24-23(25-15-22(28)27(2)3)26-20-13-17-6-8-18(20)12-17;/h5,7,11,17-18,20H,6,8-10,12-15H2,1-4H3,(H2,24,25,26);1H. The normalized spacial score (nSPS) is 22.1. The molecule has 0 heterocycles. The van der Waals surface area contributed by atoms with Crippen molar-refractivity contribution in [2.75, 3.05) is 41.0 Å². The Balaban J connectivity index is 0.00000341. The zero-order chi connectivity index (χ0) is 21.5. The van der Waals surface area contributed by atoms with E-state index in [9.17, 15) is 4.79 Å². The number of amides is 1. The van der Waals surface area contributed by atoms with Gasteiger partial charge in [-0.15, -0.1) is 24.0 Å². The van der Waals surface area contributed by atoms with Crippen molar-refractivity contribution < 1.29 is 14.3 Å². The summed E-state index contributed by atoms with van der Waals surface area (Å²) in [6.07, 6.45) is 5.16. The molecule has 7 nitrogen and oxygen atoms in total. The highest BCUT2D eigenvalue weighted by Crippen LogP contribution is 2.44. The van der Waals surface area contributed by atoms with E-state index >= 15 is 0 Å². The van der Waals surface area contributed by atoms with Gasteiger partial charge in [0.05, 0.1) is 19.7 Å². The number of likely N-dealkylation sites (N-methyl/N-ethyl adjacent to an activating group) is 1. The van der Waals surface area contributed by atoms with Gasteiger partial charge in [0.25, 0.3) is 0 Å². The quantitative estimate of drug-likeness (QED) is 0.217. The lowest BCUT2D eigenvalue weighted by Crippen LogP contribution is -2.48. The fourth-order valence-corrected chi connectivity index (χ4v) is 4.39. The molecule has 0 aliphatic heterocycles. The summed E-state index contributed by atoms with van der Waals surface area (Å²) in [5.74, 6) is 3.12. The van der Waals surface area contributed by atoms with Crippen molar-refractivity contribution in [3.8, 4) is 5.75 Å². The number of aryl methyl sites for hydroxylation is 1. The molecule has 2 N–H and O–H groups in total. The van der Waals surface area contributed by atoms with E-state index in [2.05, 4.69) is 22.8 Å². The molecule has 2 aliphatic rings. The second-order valence-corrected chi connectivity index (χ2v) is 8.68. The summed E-state index contributed by atoms with van der Waals surface area (Å²) < 4.78 is 11.0. The van der Waals surface area contributed by atoms with E-state index in [0.717, 1.165) is 28.7 Å². The summed E-state index contributed by atoms with van der Waals surface area (Å²) in [7, 11) is 5.19. The molecule has 3 atom stereocenters. The van der Waals surface area contributed by atoms with E-state index < -0.39 is 0 Å². The minimum absolute atomic E-state index is 0. The lowest BCUT2D eigenvalue weighted by atomic mass is 9.95. The Kier molecular flexibility index (Phi) is 10.3. The number of guanidine groups is 1. The zero-order valence-corrected chi connectivity index (χ0v) is 21.5. The van der Waals surface area contributed by atoms with E-state index in [0.29, 0.717) is 31.8 Å². The van der Waals surface area contributed by atoms with Gasteiger partial charge in [-0.3, -0.25) is 4.79 Å². The maximum atomic E-state index is 12.1. The number of fused-ring (bicyclic) bond motifs is 2. The predicted molar refractivity (Wildman–Crippen MR) is 134 cm³/mol. The van der Waals surface area contributed by atoms with Crippen molar-refractivity contribution >= 4 is 35.8 Å². The Morgan fingerprint density at radius 1 is 1.23 bits per heavy atom. The first-order chi connectivity index (χ1) is 14.5. The molecule has 0 spiro atoms. The van der Waals surface area contributed by atoms with Crippen LogP contribution in [-0.2, 0) is 16.1 Å². The van der Waals surface area contributed by atoms with Crippen molar-refractivity contribution in [2.24, 2.45) is 16.8 Å². The Labute approximate surface area is 203 Å². The lowest BCUT2D eigenvalue weighted by molar-refractivity contribution is -0.127. The average Bonchev–Trinajstić information content (AvgIpc) is 3.34. The highest BCUT2D eigenvalue weighted by atomic mass is 127. The number of nitrogens with one attached hydrogen (secondary N) is 2. The summed E-state index contributed by atoms with van der Waals surface area (Å²) in [5.41, 5.74) is 2.16. The molecule has 2 saturated carbocycles. The summed E-state index contributed by atoms with van der Waals surface area (Å²) in [4.78, 5) is 18.5. The first kappa shape index (κ1) is 25.7. The highest BCUT2D eigenvalue weighted by Gasteiger charge is 2.39. The van der Waals surface area contributed by atoms with Gasteiger partial charge in [-0.25, -0.2) is 4.99 Å². The summed E-state index contributed by atoms with van der Waals surface area (Å²) in [5, 5.41) is 6.83. The molecule has 2 bridgehead atoms. The number of carbonyl (C=O) groups is 1. The molecule has 3 rings (SSSR count). The number of hydrogen-bond donors (Lipinski definition) is 2. The van der Waals surface area contributed by atoms with Gasteiger partial charge in [-0.2, -0.15) is 0 Å². The first-order valence-corrected chi connectivity index (χ1v) is 10.9. The molecule has 31 heavy (non-hydrogen) atoms. The van der Waals surface area contributed by atoms with Gasteiger partial charge in [0.15, 0.2) is 5.96 Å². The molecule has 1 aromatic rings. The van der Waals surface area contributed by atoms with Crippen LogP contribution in [0.2, 0.25) is 0 Å². The van der Waals surface area contributed by atoms with Gasteiger partial charge >= 0.3 is 0 Å². The Morgan fingerprint density at radius 2 is 2.03 bits per heavy atom. The van der Waals surface area contributed by atoms with Crippen LogP contribution in [0.25, 0.3) is 0 Å². The van der Waals surface area contributed by atoms with Gasteiger partial charge in [0, 0.05) is 32.8 Å². The molecule has 2 aliphatic carbocycles. The van der Waals surface area contributed by atoms with Crippen molar-refractivity contribution in [3.63, 3.8) is 0 Å². The van der Waals surface area contributed by atoms with E-state index in [1.165, 1.54) is 25.7 Å². The van der Waals surface area contributed by atoms with E-state index in [1.807, 2.05) is 13.0 Å². The molecule has 8 heteroatoms. The van der Waals surface area contributed by atoms with Gasteiger partial charge in [-0.05, 0) is 49.7 Å². The van der Waals surface area contributed by atoms with Crippen LogP contribution in [0.1, 0.15) is 36.8 Å². The minimum Gasteiger partial charge on any atom is -0.491 e. The molecule has 0 radical (unpaired) electrons. The van der Waals surface area contributed by atoms with E-state index in [1.54, 1.807) is 26.1 Å². The third kappa shape index (κ3) is 7.52. The number of rotatable bonds is 9. The fraction of sp³-hybridized carbons (Fsp3) is 0.652.